The first-order valence-electron chi connectivity index (χ1n) is 4.90. The van der Waals surface area contributed by atoms with Crippen molar-refractivity contribution >= 4 is 21.6 Å². The van der Waals surface area contributed by atoms with Crippen LogP contribution in [0.3, 0.4) is 0 Å². The molecule has 1 aliphatic rings. The minimum atomic E-state index is -2.84. The number of halogens is 1. The highest BCUT2D eigenvalue weighted by Crippen LogP contribution is 2.37. The maximum Gasteiger partial charge on any atom is 0.150 e. The summed E-state index contributed by atoms with van der Waals surface area (Å²) < 4.78 is 22.6. The molecular weight excluding hydrogens is 222 g/mol. The minimum Gasteiger partial charge on any atom is -0.233 e. The van der Waals surface area contributed by atoms with E-state index in [1.54, 1.807) is 0 Å². The topological polar surface area (TPSA) is 46.2 Å². The Morgan fingerprint density at radius 1 is 1.43 bits per heavy atom. The van der Waals surface area contributed by atoms with Crippen molar-refractivity contribution in [2.45, 2.75) is 37.9 Å². The molecule has 0 bridgehead atoms. The Morgan fingerprint density at radius 3 is 2.29 bits per heavy atom. The molecule has 0 aromatic carbocycles. The lowest BCUT2D eigenvalue weighted by atomic mass is 9.76. The molecular formula is C9H18ClNO2S. The van der Waals surface area contributed by atoms with E-state index in [2.05, 4.69) is 11.8 Å². The molecule has 0 radical (unpaired) electrons. The van der Waals surface area contributed by atoms with Crippen LogP contribution in [0.4, 0.5) is 0 Å². The summed E-state index contributed by atoms with van der Waals surface area (Å²) in [5.41, 5.74) is 0.170. The summed E-state index contributed by atoms with van der Waals surface area (Å²) in [4.78, 5) is 2.65. The van der Waals surface area contributed by atoms with E-state index in [4.69, 9.17) is 11.8 Å². The highest BCUT2D eigenvalue weighted by Gasteiger charge is 2.34. The van der Waals surface area contributed by atoms with Gasteiger partial charge < -0.3 is 0 Å². The van der Waals surface area contributed by atoms with E-state index in [0.29, 0.717) is 0 Å². The van der Waals surface area contributed by atoms with Crippen molar-refractivity contribution in [2.24, 2.45) is 5.41 Å². The van der Waals surface area contributed by atoms with Crippen molar-refractivity contribution in [3.05, 3.63) is 0 Å². The van der Waals surface area contributed by atoms with Crippen molar-refractivity contribution in [3.63, 3.8) is 0 Å². The number of nitrogens with one attached hydrogen (secondary N) is 1. The van der Waals surface area contributed by atoms with Gasteiger partial charge in [-0.1, -0.05) is 6.92 Å². The number of hydrogen-bond acceptors (Lipinski definition) is 3. The predicted octanol–water partition coefficient (Wildman–Crippen LogP) is 1.72. The van der Waals surface area contributed by atoms with E-state index in [9.17, 15) is 8.42 Å². The van der Waals surface area contributed by atoms with Crippen molar-refractivity contribution in [1.29, 1.82) is 0 Å². The number of rotatable bonds is 3. The summed E-state index contributed by atoms with van der Waals surface area (Å²) in [5, 5.41) is -0.133. The zero-order valence-corrected chi connectivity index (χ0v) is 10.3. The van der Waals surface area contributed by atoms with Gasteiger partial charge in [0.05, 0.1) is 5.25 Å². The van der Waals surface area contributed by atoms with Gasteiger partial charge in [-0.25, -0.2) is 13.3 Å². The summed E-state index contributed by atoms with van der Waals surface area (Å²) in [6.07, 6.45) is 4.75. The number of hydrogen-bond donors (Lipinski definition) is 1. The van der Waals surface area contributed by atoms with Gasteiger partial charge in [0.2, 0.25) is 0 Å². The van der Waals surface area contributed by atoms with Gasteiger partial charge in [-0.2, -0.15) is 0 Å². The standard InChI is InChI=1S/C9H18ClNO2S/c1-9(7-11-10)5-3-8(4-6-9)14(2,12)13/h8,11H,3-7H2,1-2H3/t8-,9-. The number of sulfone groups is 1. The van der Waals surface area contributed by atoms with Crippen LogP contribution in [-0.4, -0.2) is 26.5 Å². The Balaban J connectivity index is 2.54. The molecule has 1 N–H and O–H groups in total. The summed E-state index contributed by atoms with van der Waals surface area (Å²) >= 11 is 5.48. The third-order valence-corrected chi connectivity index (χ3v) is 5.05. The van der Waals surface area contributed by atoms with E-state index in [1.165, 1.54) is 6.26 Å². The molecule has 1 aliphatic carbocycles. The molecule has 0 heterocycles. The summed E-state index contributed by atoms with van der Waals surface area (Å²) in [6, 6.07) is 0. The fourth-order valence-corrected chi connectivity index (χ4v) is 3.47. The van der Waals surface area contributed by atoms with Crippen molar-refractivity contribution in [2.75, 3.05) is 12.8 Å². The fourth-order valence-electron chi connectivity index (χ4n) is 2.05. The first-order chi connectivity index (χ1) is 6.37. The first-order valence-corrected chi connectivity index (χ1v) is 7.23. The molecule has 1 rings (SSSR count). The Hall–Kier alpha value is 0.200. The second-order valence-electron chi connectivity index (χ2n) is 4.65. The van der Waals surface area contributed by atoms with E-state index in [-0.39, 0.29) is 10.7 Å². The van der Waals surface area contributed by atoms with Crippen LogP contribution in [-0.2, 0) is 9.84 Å². The molecule has 0 spiro atoms. The normalized spacial score (nSPS) is 34.4. The Bertz CT molecular complexity index is 281. The fraction of sp³-hybridized carbons (Fsp3) is 1.00. The van der Waals surface area contributed by atoms with Gasteiger partial charge >= 0.3 is 0 Å². The molecule has 1 fully saturated rings. The zero-order valence-electron chi connectivity index (χ0n) is 8.72. The molecule has 0 aliphatic heterocycles. The Morgan fingerprint density at radius 2 is 1.93 bits per heavy atom. The molecule has 3 nitrogen and oxygen atoms in total. The molecule has 14 heavy (non-hydrogen) atoms. The van der Waals surface area contributed by atoms with Crippen LogP contribution in [0.5, 0.6) is 0 Å². The smallest absolute Gasteiger partial charge is 0.150 e. The van der Waals surface area contributed by atoms with Crippen molar-refractivity contribution in [1.82, 2.24) is 4.84 Å². The third kappa shape index (κ3) is 3.11. The predicted molar refractivity (Wildman–Crippen MR) is 59.1 cm³/mol. The molecule has 0 unspecified atom stereocenters. The van der Waals surface area contributed by atoms with Gasteiger partial charge in [-0.05, 0) is 42.9 Å². The van der Waals surface area contributed by atoms with Gasteiger partial charge in [-0.3, -0.25) is 0 Å². The second-order valence-corrected chi connectivity index (χ2v) is 7.24. The van der Waals surface area contributed by atoms with Crippen molar-refractivity contribution in [3.8, 4) is 0 Å². The summed E-state index contributed by atoms with van der Waals surface area (Å²) in [7, 11) is -2.84. The highest BCUT2D eigenvalue weighted by molar-refractivity contribution is 7.91. The quantitative estimate of drug-likeness (QED) is 0.763. The Labute approximate surface area is 91.2 Å². The average molecular weight is 240 g/mol. The SMILES string of the molecule is CS(=O)(=O)[C@H]1CC[C@](C)(CNCl)CC1. The van der Waals surface area contributed by atoms with Gasteiger partial charge in [0.25, 0.3) is 0 Å². The molecule has 1 saturated carbocycles. The molecule has 0 saturated heterocycles. The average Bonchev–Trinajstić information content (AvgIpc) is 2.03. The third-order valence-electron chi connectivity index (χ3n) is 3.24. The molecule has 0 atom stereocenters. The summed E-state index contributed by atoms with van der Waals surface area (Å²) in [5.74, 6) is 0. The highest BCUT2D eigenvalue weighted by atomic mass is 35.5. The zero-order chi connectivity index (χ0) is 10.8. The van der Waals surface area contributed by atoms with Crippen LogP contribution in [0.1, 0.15) is 32.6 Å². The van der Waals surface area contributed by atoms with E-state index in [1.807, 2.05) is 0 Å². The molecule has 0 aromatic rings. The lowest BCUT2D eigenvalue weighted by molar-refractivity contribution is 0.221. The van der Waals surface area contributed by atoms with Gasteiger partial charge in [-0.15, -0.1) is 0 Å². The molecule has 5 heteroatoms. The van der Waals surface area contributed by atoms with Gasteiger partial charge in [0.15, 0.2) is 0 Å². The maximum absolute atomic E-state index is 11.3. The van der Waals surface area contributed by atoms with Gasteiger partial charge in [0.1, 0.15) is 9.84 Å². The lowest BCUT2D eigenvalue weighted by Crippen LogP contribution is -2.36. The van der Waals surface area contributed by atoms with Crippen LogP contribution < -0.4 is 4.84 Å². The van der Waals surface area contributed by atoms with Crippen LogP contribution >= 0.6 is 11.8 Å². The molecule has 84 valence electrons. The van der Waals surface area contributed by atoms with Crippen LogP contribution in [0.2, 0.25) is 0 Å². The van der Waals surface area contributed by atoms with Crippen LogP contribution in [0.25, 0.3) is 0 Å². The van der Waals surface area contributed by atoms with E-state index >= 15 is 0 Å². The Kier molecular flexibility index (Phi) is 3.83. The largest absolute Gasteiger partial charge is 0.233 e. The second kappa shape index (κ2) is 4.37. The summed E-state index contributed by atoms with van der Waals surface area (Å²) in [6.45, 7) is 2.91. The first kappa shape index (κ1) is 12.3. The molecule has 0 amide bonds. The minimum absolute atomic E-state index is 0.133. The maximum atomic E-state index is 11.3. The van der Waals surface area contributed by atoms with E-state index in [0.717, 1.165) is 32.2 Å². The van der Waals surface area contributed by atoms with Crippen LogP contribution in [0.15, 0.2) is 0 Å². The lowest BCUT2D eigenvalue weighted by Gasteiger charge is -2.36. The monoisotopic (exact) mass is 239 g/mol. The molecule has 0 aromatic heterocycles. The van der Waals surface area contributed by atoms with Crippen LogP contribution in [0, 0.1) is 5.41 Å². The van der Waals surface area contributed by atoms with E-state index < -0.39 is 9.84 Å². The van der Waals surface area contributed by atoms with Gasteiger partial charge in [0, 0.05) is 12.8 Å². The van der Waals surface area contributed by atoms with Crippen molar-refractivity contribution < 1.29 is 8.42 Å².